The fraction of sp³-hybridized carbons (Fsp3) is 0.435. The van der Waals surface area contributed by atoms with E-state index in [1.54, 1.807) is 0 Å². The Kier molecular flexibility index (Phi) is 6.80. The van der Waals surface area contributed by atoms with Crippen LogP contribution in [-0.4, -0.2) is 14.0 Å². The molecule has 0 aliphatic heterocycles. The van der Waals surface area contributed by atoms with Crippen molar-refractivity contribution >= 4 is 61.0 Å². The number of benzene rings is 2. The topological polar surface area (TPSA) is 26.3 Å². The lowest BCUT2D eigenvalue weighted by Gasteiger charge is -2.20. The zero-order chi connectivity index (χ0) is 21.6. The first-order chi connectivity index (χ1) is 13.5. The van der Waals surface area contributed by atoms with Gasteiger partial charge >= 0.3 is 5.97 Å². The molecule has 2 aromatic carbocycles. The van der Waals surface area contributed by atoms with Gasteiger partial charge in [0.15, 0.2) is 3.24 Å². The normalized spacial score (nSPS) is 21.5. The predicted molar refractivity (Wildman–Crippen MR) is 128 cm³/mol. The molecule has 2 aromatic rings. The van der Waals surface area contributed by atoms with Gasteiger partial charge in [0, 0.05) is 0 Å². The van der Waals surface area contributed by atoms with Crippen molar-refractivity contribution < 1.29 is 9.53 Å². The van der Waals surface area contributed by atoms with Crippen LogP contribution in [0.3, 0.4) is 0 Å². The standard InChI is InChI=1S/C23H24Br2Cl2O2/c1-13-10-11-16(15-8-6-5-7-9-15)14(2)17(13)12-29-21(28)19-18(22(19,3)4)20(24)23(25,26)27/h5-11,18-20H,12H2,1-4H3/t18?,19-,20?/m0/s1. The minimum Gasteiger partial charge on any atom is -0.461 e. The SMILES string of the molecule is Cc1ccc(-c2ccccc2)c(C)c1COC(=O)[C@@H]1C(C(Br)C(Cl)(Cl)Br)C1(C)C. The van der Waals surface area contributed by atoms with Crippen molar-refractivity contribution in [3.63, 3.8) is 0 Å². The van der Waals surface area contributed by atoms with Gasteiger partial charge in [-0.3, -0.25) is 4.79 Å². The van der Waals surface area contributed by atoms with E-state index in [2.05, 4.69) is 63.0 Å². The van der Waals surface area contributed by atoms with E-state index in [9.17, 15) is 4.79 Å². The summed E-state index contributed by atoms with van der Waals surface area (Å²) in [4.78, 5) is 12.6. The molecule has 156 valence electrons. The Bertz CT molecular complexity index is 907. The van der Waals surface area contributed by atoms with Gasteiger partial charge in [-0.1, -0.05) is 95.4 Å². The Morgan fingerprint density at radius 2 is 1.79 bits per heavy atom. The summed E-state index contributed by atoms with van der Waals surface area (Å²) < 4.78 is 4.63. The number of ether oxygens (including phenoxy) is 1. The third-order valence-corrected chi connectivity index (χ3v) is 9.43. The monoisotopic (exact) mass is 560 g/mol. The van der Waals surface area contributed by atoms with Crippen LogP contribution in [0.1, 0.15) is 30.5 Å². The smallest absolute Gasteiger partial charge is 0.310 e. The third kappa shape index (κ3) is 4.71. The Morgan fingerprint density at radius 1 is 1.17 bits per heavy atom. The Hall–Kier alpha value is -0.550. The molecule has 1 aliphatic carbocycles. The van der Waals surface area contributed by atoms with Gasteiger partial charge in [-0.15, -0.1) is 0 Å². The van der Waals surface area contributed by atoms with Gasteiger partial charge in [-0.2, -0.15) is 0 Å². The summed E-state index contributed by atoms with van der Waals surface area (Å²) in [6, 6.07) is 14.4. The molecule has 3 rings (SSSR count). The van der Waals surface area contributed by atoms with Crippen LogP contribution in [-0.2, 0) is 16.1 Å². The van der Waals surface area contributed by atoms with Crippen LogP contribution in [0.2, 0.25) is 0 Å². The maximum atomic E-state index is 12.9. The number of esters is 1. The lowest BCUT2D eigenvalue weighted by Crippen LogP contribution is -2.23. The van der Waals surface area contributed by atoms with E-state index in [0.717, 1.165) is 27.8 Å². The minimum absolute atomic E-state index is 0.0118. The zero-order valence-electron chi connectivity index (χ0n) is 16.8. The first-order valence-electron chi connectivity index (χ1n) is 9.48. The molecule has 0 spiro atoms. The van der Waals surface area contributed by atoms with Crippen molar-refractivity contribution in [1.29, 1.82) is 0 Å². The van der Waals surface area contributed by atoms with Crippen molar-refractivity contribution in [2.24, 2.45) is 17.3 Å². The highest BCUT2D eigenvalue weighted by Gasteiger charge is 2.67. The maximum absolute atomic E-state index is 12.9. The van der Waals surface area contributed by atoms with E-state index in [4.69, 9.17) is 27.9 Å². The second-order valence-electron chi connectivity index (χ2n) is 8.28. The molecular formula is C23H24Br2Cl2O2. The molecule has 6 heteroatoms. The number of halogens is 4. The molecule has 0 saturated heterocycles. The highest BCUT2D eigenvalue weighted by Crippen LogP contribution is 2.65. The van der Waals surface area contributed by atoms with Crippen LogP contribution in [0.15, 0.2) is 42.5 Å². The predicted octanol–water partition coefficient (Wildman–Crippen LogP) is 7.58. The van der Waals surface area contributed by atoms with Gasteiger partial charge in [-0.05, 0) is 68.9 Å². The summed E-state index contributed by atoms with van der Waals surface area (Å²) >= 11 is 19.2. The molecule has 0 N–H and O–H groups in total. The van der Waals surface area contributed by atoms with Gasteiger partial charge in [0.2, 0.25) is 0 Å². The minimum atomic E-state index is -1.14. The Morgan fingerprint density at radius 3 is 2.38 bits per heavy atom. The largest absolute Gasteiger partial charge is 0.461 e. The molecule has 1 saturated carbocycles. The second kappa shape index (κ2) is 8.53. The van der Waals surface area contributed by atoms with Crippen LogP contribution in [0.4, 0.5) is 0 Å². The highest BCUT2D eigenvalue weighted by molar-refractivity contribution is 9.13. The van der Waals surface area contributed by atoms with Crippen LogP contribution in [0.5, 0.6) is 0 Å². The van der Waals surface area contributed by atoms with Crippen LogP contribution >= 0.6 is 55.1 Å². The molecule has 0 heterocycles. The maximum Gasteiger partial charge on any atom is 0.310 e. The van der Waals surface area contributed by atoms with Gasteiger partial charge in [0.25, 0.3) is 0 Å². The average molecular weight is 563 g/mol. The lowest BCUT2D eigenvalue weighted by molar-refractivity contribution is -0.147. The second-order valence-corrected chi connectivity index (χ2v) is 12.8. The molecule has 2 unspecified atom stereocenters. The number of carbonyl (C=O) groups is 1. The summed E-state index contributed by atoms with van der Waals surface area (Å²) in [7, 11) is 0. The molecule has 3 atom stereocenters. The Labute approximate surface area is 199 Å². The number of aryl methyl sites for hydroxylation is 1. The quantitative estimate of drug-likeness (QED) is 0.268. The average Bonchev–Trinajstić information content (AvgIpc) is 3.22. The van der Waals surface area contributed by atoms with E-state index in [0.29, 0.717) is 0 Å². The summed E-state index contributed by atoms with van der Waals surface area (Å²) in [5.41, 5.74) is 5.37. The molecule has 0 aromatic heterocycles. The fourth-order valence-corrected chi connectivity index (χ4v) is 5.70. The number of rotatable bonds is 6. The molecule has 0 radical (unpaired) electrons. The van der Waals surface area contributed by atoms with Crippen molar-refractivity contribution in [2.45, 2.75) is 42.4 Å². The van der Waals surface area contributed by atoms with Gasteiger partial charge in [0.1, 0.15) is 6.61 Å². The van der Waals surface area contributed by atoms with Crippen molar-refractivity contribution in [1.82, 2.24) is 0 Å². The highest BCUT2D eigenvalue weighted by atomic mass is 79.9. The van der Waals surface area contributed by atoms with Gasteiger partial charge < -0.3 is 4.74 Å². The van der Waals surface area contributed by atoms with E-state index in [1.807, 2.05) is 39.0 Å². The Balaban J connectivity index is 1.76. The summed E-state index contributed by atoms with van der Waals surface area (Å²) in [6.07, 6.45) is 0. The number of hydrogen-bond acceptors (Lipinski definition) is 2. The number of carbonyl (C=O) groups excluding carboxylic acids is 1. The summed E-state index contributed by atoms with van der Waals surface area (Å²) in [5.74, 6) is -0.472. The first-order valence-corrected chi connectivity index (χ1v) is 11.9. The molecule has 2 nitrogen and oxygen atoms in total. The van der Waals surface area contributed by atoms with E-state index in [-0.39, 0.29) is 34.7 Å². The van der Waals surface area contributed by atoms with Gasteiger partial charge in [0.05, 0.1) is 10.7 Å². The summed E-state index contributed by atoms with van der Waals surface area (Å²) in [5, 5.41) is 0. The van der Waals surface area contributed by atoms with Crippen molar-refractivity contribution in [3.8, 4) is 11.1 Å². The zero-order valence-corrected chi connectivity index (χ0v) is 21.5. The number of hydrogen-bond donors (Lipinski definition) is 0. The number of alkyl halides is 4. The van der Waals surface area contributed by atoms with Crippen molar-refractivity contribution in [3.05, 3.63) is 59.2 Å². The van der Waals surface area contributed by atoms with Crippen LogP contribution < -0.4 is 0 Å². The van der Waals surface area contributed by atoms with Crippen molar-refractivity contribution in [2.75, 3.05) is 0 Å². The molecule has 0 bridgehead atoms. The van der Waals surface area contributed by atoms with E-state index >= 15 is 0 Å². The molecule has 29 heavy (non-hydrogen) atoms. The molecular weight excluding hydrogens is 539 g/mol. The molecule has 1 fully saturated rings. The van der Waals surface area contributed by atoms with Gasteiger partial charge in [-0.25, -0.2) is 0 Å². The summed E-state index contributed by atoms with van der Waals surface area (Å²) in [6.45, 7) is 8.46. The van der Waals surface area contributed by atoms with E-state index < -0.39 is 3.24 Å². The molecule has 0 amide bonds. The van der Waals surface area contributed by atoms with E-state index in [1.165, 1.54) is 0 Å². The third-order valence-electron chi connectivity index (χ3n) is 6.07. The van der Waals surface area contributed by atoms with Crippen LogP contribution in [0, 0.1) is 31.1 Å². The lowest BCUT2D eigenvalue weighted by atomic mass is 9.94. The fourth-order valence-electron chi connectivity index (χ4n) is 4.16. The van der Waals surface area contributed by atoms with Crippen LogP contribution in [0.25, 0.3) is 11.1 Å². The first kappa shape index (κ1) is 23.1. The molecule has 1 aliphatic rings.